The first kappa shape index (κ1) is 13.5. The Bertz CT molecular complexity index is 181. The molecule has 0 spiro atoms. The number of rotatable bonds is 1. The molecule has 0 aromatic heterocycles. The van der Waals surface area contributed by atoms with Crippen molar-refractivity contribution in [1.29, 1.82) is 0 Å². The van der Waals surface area contributed by atoms with Gasteiger partial charge in [-0.15, -0.1) is 0 Å². The van der Waals surface area contributed by atoms with E-state index in [1.807, 2.05) is 4.72 Å². The molecule has 0 fully saturated rings. The summed E-state index contributed by atoms with van der Waals surface area (Å²) in [7, 11) is -4.03. The standard InChI is InChI=1S/C4H11NO3S.Na.H/c1-4(2,3)5-9(6,7)8;;/h5H,1-3H3,(H,6,7,8);;. The van der Waals surface area contributed by atoms with E-state index in [1.165, 1.54) is 0 Å². The molecule has 2 N–H and O–H groups in total. The second kappa shape index (κ2) is 4.04. The van der Waals surface area contributed by atoms with Gasteiger partial charge in [0.05, 0.1) is 0 Å². The summed E-state index contributed by atoms with van der Waals surface area (Å²) < 4.78 is 30.4. The fourth-order valence-corrected chi connectivity index (χ4v) is 1.16. The SMILES string of the molecule is CC(C)(C)NS(=O)(=O)O.[NaH]. The predicted molar refractivity (Wildman–Crippen MR) is 41.6 cm³/mol. The quantitative estimate of drug-likeness (QED) is 0.420. The molecule has 0 rings (SSSR count). The summed E-state index contributed by atoms with van der Waals surface area (Å²) in [6.07, 6.45) is 0. The van der Waals surface area contributed by atoms with Crippen molar-refractivity contribution in [2.24, 2.45) is 0 Å². The minimum absolute atomic E-state index is 0. The molecular weight excluding hydrogens is 165 g/mol. The van der Waals surface area contributed by atoms with Crippen molar-refractivity contribution >= 4 is 39.9 Å². The zero-order chi connectivity index (χ0) is 7.71. The zero-order valence-corrected chi connectivity index (χ0v) is 6.49. The first-order chi connectivity index (χ1) is 3.71. The van der Waals surface area contributed by atoms with E-state index in [2.05, 4.69) is 0 Å². The Kier molecular flexibility index (Phi) is 5.43. The topological polar surface area (TPSA) is 66.4 Å². The third kappa shape index (κ3) is 11.6. The van der Waals surface area contributed by atoms with E-state index in [0.29, 0.717) is 0 Å². The Hall–Kier alpha value is 0.870. The Labute approximate surface area is 83.6 Å². The molecule has 0 atom stereocenters. The van der Waals surface area contributed by atoms with Gasteiger partial charge in [0, 0.05) is 5.54 Å². The molecular formula is C4H12NNaO3S. The molecule has 0 unspecified atom stereocenters. The number of hydrogen-bond donors (Lipinski definition) is 2. The molecule has 0 radical (unpaired) electrons. The first-order valence-electron chi connectivity index (χ1n) is 2.47. The van der Waals surface area contributed by atoms with Crippen LogP contribution in [0, 0.1) is 0 Å². The van der Waals surface area contributed by atoms with Gasteiger partial charge >= 0.3 is 39.9 Å². The van der Waals surface area contributed by atoms with E-state index in [-0.39, 0.29) is 29.6 Å². The molecule has 10 heavy (non-hydrogen) atoms. The molecule has 0 saturated carbocycles. The van der Waals surface area contributed by atoms with Crippen LogP contribution in [0.4, 0.5) is 0 Å². The van der Waals surface area contributed by atoms with Gasteiger partial charge in [0.25, 0.3) is 0 Å². The van der Waals surface area contributed by atoms with Crippen LogP contribution in [0.15, 0.2) is 0 Å². The normalized spacial score (nSPS) is 12.4. The van der Waals surface area contributed by atoms with Gasteiger partial charge in [-0.25, -0.2) is 0 Å². The number of hydrogen-bond acceptors (Lipinski definition) is 2. The monoisotopic (exact) mass is 177 g/mol. The van der Waals surface area contributed by atoms with Crippen molar-refractivity contribution in [3.05, 3.63) is 0 Å². The van der Waals surface area contributed by atoms with Gasteiger partial charge in [-0.3, -0.25) is 4.55 Å². The molecule has 0 saturated heterocycles. The molecule has 58 valence electrons. The molecule has 0 heterocycles. The van der Waals surface area contributed by atoms with Crippen LogP contribution in [0.2, 0.25) is 0 Å². The predicted octanol–water partition coefficient (Wildman–Crippen LogP) is -0.471. The Balaban J connectivity index is 0. The van der Waals surface area contributed by atoms with Crippen molar-refractivity contribution in [3.8, 4) is 0 Å². The van der Waals surface area contributed by atoms with Crippen LogP contribution in [0.3, 0.4) is 0 Å². The minimum atomic E-state index is -4.03. The van der Waals surface area contributed by atoms with E-state index in [1.54, 1.807) is 20.8 Å². The van der Waals surface area contributed by atoms with Gasteiger partial charge in [0.1, 0.15) is 0 Å². The third-order valence-corrected chi connectivity index (χ3v) is 1.31. The van der Waals surface area contributed by atoms with Crippen molar-refractivity contribution in [2.45, 2.75) is 26.3 Å². The van der Waals surface area contributed by atoms with E-state index < -0.39 is 15.8 Å². The van der Waals surface area contributed by atoms with Gasteiger partial charge < -0.3 is 0 Å². The average molecular weight is 177 g/mol. The van der Waals surface area contributed by atoms with Crippen LogP contribution < -0.4 is 4.72 Å². The van der Waals surface area contributed by atoms with Crippen molar-refractivity contribution < 1.29 is 13.0 Å². The van der Waals surface area contributed by atoms with Crippen molar-refractivity contribution in [2.75, 3.05) is 0 Å². The second-order valence-corrected chi connectivity index (χ2v) is 3.98. The van der Waals surface area contributed by atoms with Crippen molar-refractivity contribution in [3.63, 3.8) is 0 Å². The second-order valence-electron chi connectivity index (χ2n) is 2.83. The summed E-state index contributed by atoms with van der Waals surface area (Å²) in [5, 5.41) is 0. The fraction of sp³-hybridized carbons (Fsp3) is 1.00. The Morgan fingerprint density at radius 1 is 1.30 bits per heavy atom. The fourth-order valence-electron chi connectivity index (χ4n) is 0.387. The Morgan fingerprint density at radius 3 is 1.60 bits per heavy atom. The third-order valence-electron chi connectivity index (χ3n) is 0.435. The van der Waals surface area contributed by atoms with E-state index in [4.69, 9.17) is 4.55 Å². The molecule has 0 amide bonds. The van der Waals surface area contributed by atoms with Gasteiger partial charge in [-0.2, -0.15) is 13.1 Å². The first-order valence-corrected chi connectivity index (χ1v) is 3.91. The maximum absolute atomic E-state index is 10.1. The van der Waals surface area contributed by atoms with Crippen LogP contribution in [0.5, 0.6) is 0 Å². The summed E-state index contributed by atoms with van der Waals surface area (Å²) in [6.45, 7) is 4.92. The zero-order valence-electron chi connectivity index (χ0n) is 5.67. The van der Waals surface area contributed by atoms with Gasteiger partial charge in [0.15, 0.2) is 0 Å². The van der Waals surface area contributed by atoms with Crippen LogP contribution >= 0.6 is 0 Å². The molecule has 0 aliphatic heterocycles. The molecule has 6 heteroatoms. The maximum atomic E-state index is 10.1. The molecule has 0 aliphatic rings. The summed E-state index contributed by atoms with van der Waals surface area (Å²) in [4.78, 5) is 0. The van der Waals surface area contributed by atoms with Crippen LogP contribution in [-0.4, -0.2) is 48.1 Å². The molecule has 0 bridgehead atoms. The van der Waals surface area contributed by atoms with Crippen LogP contribution in [0.25, 0.3) is 0 Å². The average Bonchev–Trinajstić information content (AvgIpc) is 1.14. The van der Waals surface area contributed by atoms with E-state index in [9.17, 15) is 8.42 Å². The van der Waals surface area contributed by atoms with Crippen molar-refractivity contribution in [1.82, 2.24) is 4.72 Å². The van der Waals surface area contributed by atoms with Gasteiger partial charge in [-0.05, 0) is 20.8 Å². The molecule has 0 aliphatic carbocycles. The summed E-state index contributed by atoms with van der Waals surface area (Å²) in [6, 6.07) is 0. The van der Waals surface area contributed by atoms with E-state index in [0.717, 1.165) is 0 Å². The summed E-state index contributed by atoms with van der Waals surface area (Å²) >= 11 is 0. The number of nitrogens with one attached hydrogen (secondary N) is 1. The molecule has 0 aromatic carbocycles. The summed E-state index contributed by atoms with van der Waals surface area (Å²) in [5.41, 5.74) is -0.604. The Morgan fingerprint density at radius 2 is 1.60 bits per heavy atom. The molecule has 4 nitrogen and oxygen atoms in total. The molecule has 0 aromatic rings. The summed E-state index contributed by atoms with van der Waals surface area (Å²) in [5.74, 6) is 0. The van der Waals surface area contributed by atoms with E-state index >= 15 is 0 Å². The van der Waals surface area contributed by atoms with Gasteiger partial charge in [0.2, 0.25) is 0 Å². The van der Waals surface area contributed by atoms with Crippen LogP contribution in [-0.2, 0) is 10.3 Å². The van der Waals surface area contributed by atoms with Crippen LogP contribution in [0.1, 0.15) is 20.8 Å². The van der Waals surface area contributed by atoms with Gasteiger partial charge in [-0.1, -0.05) is 0 Å².